The molecule has 15 heavy (non-hydrogen) atoms. The Kier molecular flexibility index (Phi) is 3.95. The van der Waals surface area contributed by atoms with Crippen molar-refractivity contribution in [1.29, 1.82) is 0 Å². The van der Waals surface area contributed by atoms with Crippen LogP contribution in [-0.4, -0.2) is 13.7 Å². The molecule has 0 fully saturated rings. The Labute approximate surface area is 99.7 Å². The lowest BCUT2D eigenvalue weighted by Gasteiger charge is -2.10. The predicted molar refractivity (Wildman–Crippen MR) is 66.6 cm³/mol. The fraction of sp³-hybridized carbons (Fsp3) is 0.455. The van der Waals surface area contributed by atoms with Gasteiger partial charge in [0.15, 0.2) is 9.84 Å². The first-order valence-corrected chi connectivity index (χ1v) is 7.30. The van der Waals surface area contributed by atoms with Crippen LogP contribution in [0.1, 0.15) is 25.0 Å². The smallest absolute Gasteiger partial charge is 0.156 e. The van der Waals surface area contributed by atoms with Gasteiger partial charge in [-0.25, -0.2) is 8.42 Å². The number of halogens is 1. The number of rotatable bonds is 3. The number of hydrogen-bond acceptors (Lipinski definition) is 2. The van der Waals surface area contributed by atoms with Gasteiger partial charge < -0.3 is 0 Å². The summed E-state index contributed by atoms with van der Waals surface area (Å²) in [5.41, 5.74) is 1.89. The number of sulfone groups is 1. The molecular formula is C11H15BrO2S. The van der Waals surface area contributed by atoms with E-state index in [1.807, 2.05) is 25.1 Å². The van der Waals surface area contributed by atoms with Crippen LogP contribution in [0, 0.1) is 6.92 Å². The molecule has 0 atom stereocenters. The third-order valence-corrected chi connectivity index (χ3v) is 5.02. The van der Waals surface area contributed by atoms with Gasteiger partial charge in [-0.1, -0.05) is 22.0 Å². The van der Waals surface area contributed by atoms with E-state index >= 15 is 0 Å². The van der Waals surface area contributed by atoms with Crippen molar-refractivity contribution in [3.8, 4) is 0 Å². The van der Waals surface area contributed by atoms with E-state index in [1.165, 1.54) is 0 Å². The molecule has 0 saturated carbocycles. The minimum Gasteiger partial charge on any atom is -0.228 e. The zero-order chi connectivity index (χ0) is 11.6. The molecule has 0 unspecified atom stereocenters. The van der Waals surface area contributed by atoms with Gasteiger partial charge in [-0.15, -0.1) is 0 Å². The van der Waals surface area contributed by atoms with Gasteiger partial charge in [-0.3, -0.25) is 0 Å². The van der Waals surface area contributed by atoms with Crippen molar-refractivity contribution >= 4 is 25.8 Å². The largest absolute Gasteiger partial charge is 0.228 e. The van der Waals surface area contributed by atoms with Gasteiger partial charge in [-0.05, 0) is 44.0 Å². The molecule has 0 aliphatic heterocycles. The van der Waals surface area contributed by atoms with E-state index in [0.29, 0.717) is 0 Å². The molecule has 84 valence electrons. The Bertz CT molecular complexity index is 450. The molecule has 0 bridgehead atoms. The third kappa shape index (κ3) is 3.31. The second-order valence-corrected chi connectivity index (χ2v) is 7.40. The maximum absolute atomic E-state index is 11.7. The highest BCUT2D eigenvalue weighted by Gasteiger charge is 2.17. The average Bonchev–Trinajstić information content (AvgIpc) is 2.09. The minimum absolute atomic E-state index is 0.129. The molecule has 2 nitrogen and oxygen atoms in total. The first-order chi connectivity index (χ1) is 6.83. The topological polar surface area (TPSA) is 34.1 Å². The molecule has 0 N–H and O–H groups in total. The lowest BCUT2D eigenvalue weighted by Crippen LogP contribution is -2.16. The zero-order valence-electron chi connectivity index (χ0n) is 9.12. The second-order valence-electron chi connectivity index (χ2n) is 3.93. The molecule has 0 amide bonds. The van der Waals surface area contributed by atoms with Crippen molar-refractivity contribution in [2.45, 2.75) is 31.8 Å². The van der Waals surface area contributed by atoms with E-state index < -0.39 is 9.84 Å². The third-order valence-electron chi connectivity index (χ3n) is 2.38. The molecule has 1 aromatic carbocycles. The SMILES string of the molecule is Cc1cc(Br)ccc1CS(=O)(=O)C(C)C. The highest BCUT2D eigenvalue weighted by molar-refractivity contribution is 9.10. The maximum Gasteiger partial charge on any atom is 0.156 e. The molecule has 1 aromatic rings. The van der Waals surface area contributed by atoms with Gasteiger partial charge in [0.1, 0.15) is 0 Å². The van der Waals surface area contributed by atoms with Crippen molar-refractivity contribution < 1.29 is 8.42 Å². The molecule has 0 spiro atoms. The van der Waals surface area contributed by atoms with Gasteiger partial charge in [0.2, 0.25) is 0 Å². The van der Waals surface area contributed by atoms with E-state index in [0.717, 1.165) is 15.6 Å². The Morgan fingerprint density at radius 1 is 1.33 bits per heavy atom. The van der Waals surface area contributed by atoms with E-state index in [9.17, 15) is 8.42 Å². The average molecular weight is 291 g/mol. The Morgan fingerprint density at radius 2 is 1.93 bits per heavy atom. The van der Waals surface area contributed by atoms with Crippen molar-refractivity contribution in [2.75, 3.05) is 0 Å². The van der Waals surface area contributed by atoms with Gasteiger partial charge >= 0.3 is 0 Å². The van der Waals surface area contributed by atoms with Crippen LogP contribution in [0.2, 0.25) is 0 Å². The number of aryl methyl sites for hydroxylation is 1. The Morgan fingerprint density at radius 3 is 2.40 bits per heavy atom. The highest BCUT2D eigenvalue weighted by Crippen LogP contribution is 2.19. The van der Waals surface area contributed by atoms with Crippen LogP contribution in [0.3, 0.4) is 0 Å². The Hall–Kier alpha value is -0.350. The molecule has 1 rings (SSSR count). The second kappa shape index (κ2) is 4.66. The molecule has 0 aliphatic carbocycles. The normalized spacial score (nSPS) is 12.1. The summed E-state index contributed by atoms with van der Waals surface area (Å²) in [6.45, 7) is 5.35. The summed E-state index contributed by atoms with van der Waals surface area (Å²) in [5, 5.41) is -0.319. The number of hydrogen-bond donors (Lipinski definition) is 0. The van der Waals surface area contributed by atoms with E-state index in [4.69, 9.17) is 0 Å². The van der Waals surface area contributed by atoms with Crippen molar-refractivity contribution in [1.82, 2.24) is 0 Å². The van der Waals surface area contributed by atoms with Gasteiger partial charge in [0, 0.05) is 4.47 Å². The van der Waals surface area contributed by atoms with Crippen LogP contribution in [0.4, 0.5) is 0 Å². The molecule has 0 heterocycles. The summed E-state index contributed by atoms with van der Waals surface area (Å²) in [5.74, 6) is 0.129. The summed E-state index contributed by atoms with van der Waals surface area (Å²) in [4.78, 5) is 0. The van der Waals surface area contributed by atoms with Crippen LogP contribution in [0.5, 0.6) is 0 Å². The number of benzene rings is 1. The van der Waals surface area contributed by atoms with Crippen molar-refractivity contribution in [3.05, 3.63) is 33.8 Å². The lowest BCUT2D eigenvalue weighted by molar-refractivity contribution is 0.586. The van der Waals surface area contributed by atoms with Gasteiger partial charge in [-0.2, -0.15) is 0 Å². The molecule has 0 radical (unpaired) electrons. The molecular weight excluding hydrogens is 276 g/mol. The first kappa shape index (κ1) is 12.7. The van der Waals surface area contributed by atoms with E-state index in [2.05, 4.69) is 15.9 Å². The van der Waals surface area contributed by atoms with E-state index in [1.54, 1.807) is 13.8 Å². The Balaban J connectivity index is 3.01. The first-order valence-electron chi connectivity index (χ1n) is 4.79. The predicted octanol–water partition coefficient (Wildman–Crippen LogP) is 3.08. The molecule has 0 aliphatic rings. The van der Waals surface area contributed by atoms with Crippen molar-refractivity contribution in [2.24, 2.45) is 0 Å². The quantitative estimate of drug-likeness (QED) is 0.857. The highest BCUT2D eigenvalue weighted by atomic mass is 79.9. The van der Waals surface area contributed by atoms with Crippen LogP contribution in [0.15, 0.2) is 22.7 Å². The molecule has 0 aromatic heterocycles. The fourth-order valence-electron chi connectivity index (χ4n) is 1.20. The summed E-state index contributed by atoms with van der Waals surface area (Å²) in [7, 11) is -3.00. The molecule has 0 saturated heterocycles. The maximum atomic E-state index is 11.7. The summed E-state index contributed by atoms with van der Waals surface area (Å²) >= 11 is 3.36. The zero-order valence-corrected chi connectivity index (χ0v) is 11.5. The monoisotopic (exact) mass is 290 g/mol. The summed E-state index contributed by atoms with van der Waals surface area (Å²) in [6, 6.07) is 5.67. The summed E-state index contributed by atoms with van der Waals surface area (Å²) in [6.07, 6.45) is 0. The standard InChI is InChI=1S/C11H15BrO2S/c1-8(2)15(13,14)7-10-4-5-11(12)6-9(10)3/h4-6,8H,7H2,1-3H3. The van der Waals surface area contributed by atoms with E-state index in [-0.39, 0.29) is 11.0 Å². The summed E-state index contributed by atoms with van der Waals surface area (Å²) < 4.78 is 24.4. The van der Waals surface area contributed by atoms with Crippen molar-refractivity contribution in [3.63, 3.8) is 0 Å². The van der Waals surface area contributed by atoms with Gasteiger partial charge in [0.25, 0.3) is 0 Å². The van der Waals surface area contributed by atoms with Crippen LogP contribution in [0.25, 0.3) is 0 Å². The fourth-order valence-corrected chi connectivity index (χ4v) is 2.77. The lowest BCUT2D eigenvalue weighted by atomic mass is 10.1. The minimum atomic E-state index is -3.00. The molecule has 4 heteroatoms. The van der Waals surface area contributed by atoms with Crippen LogP contribution in [-0.2, 0) is 15.6 Å². The van der Waals surface area contributed by atoms with Crippen LogP contribution >= 0.6 is 15.9 Å². The van der Waals surface area contributed by atoms with Crippen LogP contribution < -0.4 is 0 Å². The van der Waals surface area contributed by atoms with Gasteiger partial charge in [0.05, 0.1) is 11.0 Å².